The number of nitriles is 1. The Kier molecular flexibility index (Phi) is 5.97. The van der Waals surface area contributed by atoms with Gasteiger partial charge in [0.05, 0.1) is 11.0 Å². The maximum atomic E-state index is 10.8. The van der Waals surface area contributed by atoms with E-state index in [-0.39, 0.29) is 16.7 Å². The summed E-state index contributed by atoms with van der Waals surface area (Å²) in [6.45, 7) is 2.91. The van der Waals surface area contributed by atoms with E-state index in [1.165, 1.54) is 6.07 Å². The van der Waals surface area contributed by atoms with Crippen LogP contribution in [0, 0.1) is 21.4 Å². The first-order valence-electron chi connectivity index (χ1n) is 6.37. The predicted molar refractivity (Wildman–Crippen MR) is 73.6 cm³/mol. The Bertz CT molecular complexity index is 468. The van der Waals surface area contributed by atoms with Gasteiger partial charge >= 0.3 is 0 Å². The summed E-state index contributed by atoms with van der Waals surface area (Å²) in [4.78, 5) is 12.5. The summed E-state index contributed by atoms with van der Waals surface area (Å²) in [5.41, 5.74) is 1.07. The van der Waals surface area contributed by atoms with Crippen molar-refractivity contribution in [2.45, 2.75) is 32.2 Å². The van der Waals surface area contributed by atoms with Crippen LogP contribution in [-0.2, 0) is 0 Å². The molecule has 0 spiro atoms. The number of unbranched alkanes of at least 4 members (excludes halogenated alkanes) is 2. The molecule has 0 aliphatic carbocycles. The fourth-order valence-electron chi connectivity index (χ4n) is 1.91. The van der Waals surface area contributed by atoms with Crippen LogP contribution in [0.1, 0.15) is 37.8 Å². The Morgan fingerprint density at radius 2 is 2.21 bits per heavy atom. The fraction of sp³-hybridized carbons (Fsp3) is 0.500. The highest BCUT2D eigenvalue weighted by atomic mass is 16.6. The smallest absolute Gasteiger partial charge is 0.269 e. The average Bonchev–Trinajstić information content (AvgIpc) is 2.42. The van der Waals surface area contributed by atoms with Crippen LogP contribution in [0.15, 0.2) is 24.3 Å². The number of nitrogens with zero attached hydrogens (tertiary/aromatic N) is 3. The molecule has 0 saturated carbocycles. The predicted octanol–water partition coefficient (Wildman–Crippen LogP) is 3.28. The highest BCUT2D eigenvalue weighted by molar-refractivity contribution is 5.35. The van der Waals surface area contributed by atoms with Gasteiger partial charge in [-0.25, -0.2) is 0 Å². The van der Waals surface area contributed by atoms with E-state index < -0.39 is 0 Å². The van der Waals surface area contributed by atoms with Crippen molar-refractivity contribution in [1.82, 2.24) is 4.90 Å². The first kappa shape index (κ1) is 15.1. The molecule has 5 heteroatoms. The Balaban J connectivity index is 2.61. The van der Waals surface area contributed by atoms with Crippen LogP contribution in [0.4, 0.5) is 5.69 Å². The molecule has 0 radical (unpaired) electrons. The van der Waals surface area contributed by atoms with Gasteiger partial charge in [-0.15, -0.1) is 0 Å². The molecule has 0 aliphatic heterocycles. The standard InChI is InChI=1S/C14H19N3O2/c1-12(16(2)10-5-3-4-9-15)13-7-6-8-14(11-13)17(18)19/h6-8,11-12H,3-5,10H2,1-2H3/t12-/m1/s1. The van der Waals surface area contributed by atoms with Crippen molar-refractivity contribution in [1.29, 1.82) is 5.26 Å². The van der Waals surface area contributed by atoms with Gasteiger partial charge in [-0.2, -0.15) is 5.26 Å². The second-order valence-electron chi connectivity index (χ2n) is 4.62. The monoisotopic (exact) mass is 261 g/mol. The Morgan fingerprint density at radius 3 is 2.84 bits per heavy atom. The molecule has 1 atom stereocenters. The summed E-state index contributed by atoms with van der Waals surface area (Å²) in [6.07, 6.45) is 2.44. The molecule has 0 bridgehead atoms. The summed E-state index contributed by atoms with van der Waals surface area (Å²) < 4.78 is 0. The lowest BCUT2D eigenvalue weighted by Crippen LogP contribution is -2.23. The van der Waals surface area contributed by atoms with Crippen LogP contribution in [-0.4, -0.2) is 23.4 Å². The third-order valence-corrected chi connectivity index (χ3v) is 3.27. The van der Waals surface area contributed by atoms with Gasteiger partial charge in [0, 0.05) is 24.6 Å². The van der Waals surface area contributed by atoms with Gasteiger partial charge in [0.1, 0.15) is 0 Å². The maximum absolute atomic E-state index is 10.8. The van der Waals surface area contributed by atoms with Gasteiger partial charge in [-0.1, -0.05) is 12.1 Å². The maximum Gasteiger partial charge on any atom is 0.269 e. The van der Waals surface area contributed by atoms with Crippen LogP contribution in [0.25, 0.3) is 0 Å². The van der Waals surface area contributed by atoms with Crippen molar-refractivity contribution < 1.29 is 4.92 Å². The average molecular weight is 261 g/mol. The minimum Gasteiger partial charge on any atom is -0.300 e. The van der Waals surface area contributed by atoms with Crippen molar-refractivity contribution in [2.24, 2.45) is 0 Å². The van der Waals surface area contributed by atoms with E-state index in [1.54, 1.807) is 12.1 Å². The number of nitro groups is 1. The first-order chi connectivity index (χ1) is 9.06. The molecule has 1 aromatic rings. The number of benzene rings is 1. The van der Waals surface area contributed by atoms with Gasteiger partial charge in [0.25, 0.3) is 5.69 Å². The lowest BCUT2D eigenvalue weighted by Gasteiger charge is -2.24. The largest absolute Gasteiger partial charge is 0.300 e. The third kappa shape index (κ3) is 4.68. The molecule has 19 heavy (non-hydrogen) atoms. The molecule has 0 aromatic heterocycles. The number of rotatable bonds is 7. The minimum atomic E-state index is -0.372. The number of hydrogen-bond donors (Lipinski definition) is 0. The van der Waals surface area contributed by atoms with Crippen molar-refractivity contribution in [3.63, 3.8) is 0 Å². The van der Waals surface area contributed by atoms with Crippen molar-refractivity contribution in [3.05, 3.63) is 39.9 Å². The molecule has 1 aromatic carbocycles. The SMILES string of the molecule is C[C@H](c1cccc([N+](=O)[O-])c1)N(C)CCCCC#N. The highest BCUT2D eigenvalue weighted by Gasteiger charge is 2.14. The van der Waals surface area contributed by atoms with E-state index in [9.17, 15) is 10.1 Å². The lowest BCUT2D eigenvalue weighted by molar-refractivity contribution is -0.384. The van der Waals surface area contributed by atoms with Crippen LogP contribution in [0.2, 0.25) is 0 Å². The third-order valence-electron chi connectivity index (χ3n) is 3.27. The lowest BCUT2D eigenvalue weighted by atomic mass is 10.1. The molecular formula is C14H19N3O2. The van der Waals surface area contributed by atoms with Gasteiger partial charge < -0.3 is 0 Å². The number of hydrogen-bond acceptors (Lipinski definition) is 4. The van der Waals surface area contributed by atoms with E-state index in [0.717, 1.165) is 24.9 Å². The molecule has 0 fully saturated rings. The summed E-state index contributed by atoms with van der Waals surface area (Å²) in [7, 11) is 2.00. The summed E-state index contributed by atoms with van der Waals surface area (Å²) in [5.74, 6) is 0. The molecule has 0 amide bonds. The van der Waals surface area contributed by atoms with E-state index in [2.05, 4.69) is 11.0 Å². The van der Waals surface area contributed by atoms with Gasteiger partial charge in [-0.3, -0.25) is 15.0 Å². The van der Waals surface area contributed by atoms with E-state index in [1.807, 2.05) is 20.0 Å². The zero-order chi connectivity index (χ0) is 14.3. The number of non-ortho nitro benzene ring substituents is 1. The van der Waals surface area contributed by atoms with Gasteiger partial charge in [0.15, 0.2) is 0 Å². The van der Waals surface area contributed by atoms with Crippen LogP contribution in [0.5, 0.6) is 0 Å². The van der Waals surface area contributed by atoms with E-state index >= 15 is 0 Å². The number of nitro benzene ring substituents is 1. The van der Waals surface area contributed by atoms with Crippen LogP contribution >= 0.6 is 0 Å². The molecule has 0 heterocycles. The molecule has 0 N–H and O–H groups in total. The highest BCUT2D eigenvalue weighted by Crippen LogP contribution is 2.23. The Hall–Kier alpha value is -1.93. The molecular weight excluding hydrogens is 242 g/mol. The molecule has 0 unspecified atom stereocenters. The normalized spacial score (nSPS) is 12.1. The van der Waals surface area contributed by atoms with E-state index in [4.69, 9.17) is 5.26 Å². The van der Waals surface area contributed by atoms with Crippen molar-refractivity contribution in [2.75, 3.05) is 13.6 Å². The van der Waals surface area contributed by atoms with Gasteiger partial charge in [0.2, 0.25) is 0 Å². The Labute approximate surface area is 113 Å². The second kappa shape index (κ2) is 7.49. The second-order valence-corrected chi connectivity index (χ2v) is 4.62. The quantitative estimate of drug-likeness (QED) is 0.429. The molecule has 5 nitrogen and oxygen atoms in total. The Morgan fingerprint density at radius 1 is 1.47 bits per heavy atom. The van der Waals surface area contributed by atoms with Gasteiger partial charge in [-0.05, 0) is 38.9 Å². The van der Waals surface area contributed by atoms with Crippen molar-refractivity contribution in [3.8, 4) is 6.07 Å². The van der Waals surface area contributed by atoms with E-state index in [0.29, 0.717) is 6.42 Å². The summed E-state index contributed by atoms with van der Waals surface area (Å²) in [6, 6.07) is 9.00. The summed E-state index contributed by atoms with van der Waals surface area (Å²) >= 11 is 0. The van der Waals surface area contributed by atoms with Crippen LogP contribution in [0.3, 0.4) is 0 Å². The molecule has 0 saturated heterocycles. The van der Waals surface area contributed by atoms with Crippen LogP contribution < -0.4 is 0 Å². The fourth-order valence-corrected chi connectivity index (χ4v) is 1.91. The summed E-state index contributed by atoms with van der Waals surface area (Å²) in [5, 5.41) is 19.2. The first-order valence-corrected chi connectivity index (χ1v) is 6.37. The van der Waals surface area contributed by atoms with Crippen molar-refractivity contribution >= 4 is 5.69 Å². The zero-order valence-corrected chi connectivity index (χ0v) is 11.4. The molecule has 0 aliphatic rings. The minimum absolute atomic E-state index is 0.127. The molecule has 102 valence electrons. The topological polar surface area (TPSA) is 70.2 Å². The molecule has 1 rings (SSSR count). The zero-order valence-electron chi connectivity index (χ0n) is 11.4.